The van der Waals surface area contributed by atoms with Gasteiger partial charge in [-0.25, -0.2) is 0 Å². The van der Waals surface area contributed by atoms with Gasteiger partial charge in [0.15, 0.2) is 0 Å². The van der Waals surface area contributed by atoms with Gasteiger partial charge in [-0.15, -0.1) is 0 Å². The Morgan fingerprint density at radius 3 is 2.65 bits per heavy atom. The van der Waals surface area contributed by atoms with E-state index in [9.17, 15) is 9.00 Å². The normalized spacial score (nSPS) is 27.0. The molecule has 1 saturated heterocycles. The van der Waals surface area contributed by atoms with E-state index in [-0.39, 0.29) is 23.3 Å². The van der Waals surface area contributed by atoms with Crippen LogP contribution < -0.4 is 10.1 Å². The number of carbonyl (C=O) groups excluding carboxylic acids is 1. The van der Waals surface area contributed by atoms with E-state index in [1.54, 1.807) is 12.1 Å². The second-order valence-corrected chi connectivity index (χ2v) is 8.99. The summed E-state index contributed by atoms with van der Waals surface area (Å²) in [7, 11) is -0.871. The van der Waals surface area contributed by atoms with Gasteiger partial charge < -0.3 is 14.8 Å². The molecule has 26 heavy (non-hydrogen) atoms. The fourth-order valence-electron chi connectivity index (χ4n) is 3.71. The molecule has 0 spiro atoms. The smallest absolute Gasteiger partial charge is 0.251 e. The van der Waals surface area contributed by atoms with Crippen LogP contribution in [0.15, 0.2) is 24.3 Å². The lowest BCUT2D eigenvalue weighted by Gasteiger charge is -2.31. The molecule has 2 fully saturated rings. The number of benzene rings is 1. The van der Waals surface area contributed by atoms with Gasteiger partial charge in [0.1, 0.15) is 12.4 Å². The van der Waals surface area contributed by atoms with Crippen LogP contribution in [-0.4, -0.2) is 46.5 Å². The minimum atomic E-state index is -0.871. The highest BCUT2D eigenvalue weighted by molar-refractivity contribution is 7.85. The molecular formula is C20H29NO4S. The Morgan fingerprint density at radius 2 is 1.96 bits per heavy atom. The molecule has 0 aromatic heterocycles. The van der Waals surface area contributed by atoms with Gasteiger partial charge in [0.25, 0.3) is 5.91 Å². The fourth-order valence-corrected chi connectivity index (χ4v) is 5.14. The van der Waals surface area contributed by atoms with E-state index >= 15 is 0 Å². The van der Waals surface area contributed by atoms with Crippen molar-refractivity contribution in [3.05, 3.63) is 29.8 Å². The molecule has 1 N–H and O–H groups in total. The molecule has 0 radical (unpaired) electrons. The van der Waals surface area contributed by atoms with Crippen molar-refractivity contribution in [2.45, 2.75) is 62.8 Å². The minimum Gasteiger partial charge on any atom is -0.491 e. The van der Waals surface area contributed by atoms with Crippen LogP contribution >= 0.6 is 0 Å². The van der Waals surface area contributed by atoms with Crippen molar-refractivity contribution in [1.82, 2.24) is 5.32 Å². The number of carbonyl (C=O) groups is 1. The van der Waals surface area contributed by atoms with Crippen LogP contribution in [0.5, 0.6) is 5.75 Å². The van der Waals surface area contributed by atoms with Crippen molar-refractivity contribution in [2.24, 2.45) is 0 Å². The first kappa shape index (κ1) is 19.4. The lowest BCUT2D eigenvalue weighted by atomic mass is 9.94. The first-order valence-corrected chi connectivity index (χ1v) is 11.1. The van der Waals surface area contributed by atoms with Gasteiger partial charge in [0.2, 0.25) is 0 Å². The molecule has 144 valence electrons. The summed E-state index contributed by atoms with van der Waals surface area (Å²) in [4.78, 5) is 12.6. The highest BCUT2D eigenvalue weighted by Crippen LogP contribution is 2.24. The van der Waals surface area contributed by atoms with Crippen LogP contribution in [-0.2, 0) is 15.5 Å². The van der Waals surface area contributed by atoms with E-state index in [0.717, 1.165) is 50.9 Å². The fraction of sp³-hybridized carbons (Fsp3) is 0.650. The van der Waals surface area contributed by atoms with Crippen LogP contribution in [0.4, 0.5) is 0 Å². The molecular weight excluding hydrogens is 350 g/mol. The number of rotatable bonds is 7. The molecule has 2 aliphatic rings. The zero-order valence-corrected chi connectivity index (χ0v) is 16.3. The maximum absolute atomic E-state index is 12.6. The van der Waals surface area contributed by atoms with Crippen molar-refractivity contribution in [3.8, 4) is 5.75 Å². The lowest BCUT2D eigenvalue weighted by Crippen LogP contribution is -2.47. The van der Waals surface area contributed by atoms with Crippen LogP contribution in [0.2, 0.25) is 0 Å². The Morgan fingerprint density at radius 1 is 1.19 bits per heavy atom. The molecule has 1 aromatic carbocycles. The summed E-state index contributed by atoms with van der Waals surface area (Å²) in [6.45, 7) is 3.31. The van der Waals surface area contributed by atoms with Gasteiger partial charge in [-0.2, -0.15) is 0 Å². The van der Waals surface area contributed by atoms with Gasteiger partial charge >= 0.3 is 0 Å². The van der Waals surface area contributed by atoms with Gasteiger partial charge in [0, 0.05) is 34.8 Å². The molecule has 1 heterocycles. The van der Waals surface area contributed by atoms with Crippen molar-refractivity contribution < 1.29 is 18.5 Å². The monoisotopic (exact) mass is 379 g/mol. The third-order valence-electron chi connectivity index (χ3n) is 5.22. The topological polar surface area (TPSA) is 64.6 Å². The first-order valence-electron chi connectivity index (χ1n) is 9.70. The molecule has 1 saturated carbocycles. The first-order chi connectivity index (χ1) is 12.7. The Kier molecular flexibility index (Phi) is 7.08. The van der Waals surface area contributed by atoms with E-state index in [0.29, 0.717) is 17.9 Å². The van der Waals surface area contributed by atoms with Crippen LogP contribution in [0.25, 0.3) is 0 Å². The van der Waals surface area contributed by atoms with Crippen molar-refractivity contribution >= 4 is 16.7 Å². The van der Waals surface area contributed by atoms with E-state index in [1.807, 2.05) is 19.1 Å². The number of nitrogens with one attached hydrogen (secondary N) is 1. The van der Waals surface area contributed by atoms with E-state index in [4.69, 9.17) is 9.47 Å². The van der Waals surface area contributed by atoms with Crippen LogP contribution in [0, 0.1) is 0 Å². The number of hydrogen-bond donors (Lipinski definition) is 1. The average molecular weight is 380 g/mol. The Labute approximate surface area is 158 Å². The van der Waals surface area contributed by atoms with Crippen molar-refractivity contribution in [3.63, 3.8) is 0 Å². The maximum atomic E-state index is 12.6. The summed E-state index contributed by atoms with van der Waals surface area (Å²) in [5.74, 6) is 1.30. The minimum absolute atomic E-state index is 0.00692. The predicted molar refractivity (Wildman–Crippen MR) is 103 cm³/mol. The molecule has 6 heteroatoms. The average Bonchev–Trinajstić information content (AvgIpc) is 3.20. The van der Waals surface area contributed by atoms with Gasteiger partial charge in [-0.1, -0.05) is 19.8 Å². The third-order valence-corrected chi connectivity index (χ3v) is 7.03. The van der Waals surface area contributed by atoms with E-state index < -0.39 is 10.8 Å². The maximum Gasteiger partial charge on any atom is 0.251 e. The quantitative estimate of drug-likeness (QED) is 0.791. The summed E-state index contributed by atoms with van der Waals surface area (Å²) in [6.07, 6.45) is 6.34. The standard InChI is InChI=1S/C20H29NO4S/c1-2-26(23)19-8-4-3-7-18(19)21-20(22)15-9-11-16(12-10-15)25-14-17-6-5-13-24-17/h9-12,17-19H,2-8,13-14H2,1H3,(H,21,22)/t17-,18-,19+,26+/m0/s1. The lowest BCUT2D eigenvalue weighted by molar-refractivity contribution is 0.0679. The van der Waals surface area contributed by atoms with E-state index in [2.05, 4.69) is 5.32 Å². The van der Waals surface area contributed by atoms with Gasteiger partial charge in [-0.3, -0.25) is 9.00 Å². The molecule has 1 aliphatic heterocycles. The molecule has 1 aliphatic carbocycles. The summed E-state index contributed by atoms with van der Waals surface area (Å²) in [5, 5.41) is 3.18. The molecule has 4 atom stereocenters. The van der Waals surface area contributed by atoms with E-state index in [1.165, 1.54) is 0 Å². The SMILES string of the molecule is CC[S@@](=O)[C@@H]1CCCC[C@@H]1NC(=O)c1ccc(OC[C@@H]2CCCO2)cc1. The molecule has 1 amide bonds. The molecule has 1 aromatic rings. The summed E-state index contributed by atoms with van der Waals surface area (Å²) >= 11 is 0. The summed E-state index contributed by atoms with van der Waals surface area (Å²) in [6, 6.07) is 7.23. The summed E-state index contributed by atoms with van der Waals surface area (Å²) in [5.41, 5.74) is 0.612. The molecule has 5 nitrogen and oxygen atoms in total. The van der Waals surface area contributed by atoms with Gasteiger partial charge in [0.05, 0.1) is 11.4 Å². The predicted octanol–water partition coefficient (Wildman–Crippen LogP) is 3.05. The zero-order valence-electron chi connectivity index (χ0n) is 15.4. The molecule has 0 bridgehead atoms. The Balaban J connectivity index is 1.54. The Bertz CT molecular complexity index is 613. The largest absolute Gasteiger partial charge is 0.491 e. The third kappa shape index (κ3) is 5.07. The number of amides is 1. The van der Waals surface area contributed by atoms with Gasteiger partial charge in [-0.05, 0) is 49.9 Å². The van der Waals surface area contributed by atoms with Crippen molar-refractivity contribution in [2.75, 3.05) is 19.0 Å². The van der Waals surface area contributed by atoms with Crippen LogP contribution in [0.3, 0.4) is 0 Å². The summed E-state index contributed by atoms with van der Waals surface area (Å²) < 4.78 is 23.5. The highest BCUT2D eigenvalue weighted by Gasteiger charge is 2.30. The molecule has 0 unspecified atom stereocenters. The highest BCUT2D eigenvalue weighted by atomic mass is 32.2. The van der Waals surface area contributed by atoms with Crippen LogP contribution in [0.1, 0.15) is 55.8 Å². The second kappa shape index (κ2) is 9.51. The van der Waals surface area contributed by atoms with Crippen molar-refractivity contribution in [1.29, 1.82) is 0 Å². The number of hydrogen-bond acceptors (Lipinski definition) is 4. The second-order valence-electron chi connectivity index (χ2n) is 7.04. The Hall–Kier alpha value is -1.40. The zero-order chi connectivity index (χ0) is 18.4. The number of ether oxygens (including phenoxy) is 2. The molecule has 3 rings (SSSR count).